The van der Waals surface area contributed by atoms with E-state index < -0.39 is 5.60 Å². The van der Waals surface area contributed by atoms with Gasteiger partial charge in [0, 0.05) is 31.4 Å². The van der Waals surface area contributed by atoms with Gasteiger partial charge in [-0.3, -0.25) is 4.90 Å². The van der Waals surface area contributed by atoms with Crippen molar-refractivity contribution in [1.82, 2.24) is 14.7 Å². The molecular weight excluding hydrogens is 250 g/mol. The van der Waals surface area contributed by atoms with Gasteiger partial charge in [0.2, 0.25) is 0 Å². The normalized spacial score (nSPS) is 18.2. The summed E-state index contributed by atoms with van der Waals surface area (Å²) < 4.78 is 1.89. The SMILES string of the molecule is CC(C)C1(O)CN(Cc2cnn(-c3ccccc3)c2)C1. The van der Waals surface area contributed by atoms with Crippen molar-refractivity contribution in [2.24, 2.45) is 5.92 Å². The van der Waals surface area contributed by atoms with Gasteiger partial charge < -0.3 is 5.11 Å². The number of benzene rings is 1. The Kier molecular flexibility index (Phi) is 3.36. The third-order valence-electron chi connectivity index (χ3n) is 4.13. The molecular formula is C16H21N3O. The third kappa shape index (κ3) is 2.49. The van der Waals surface area contributed by atoms with Crippen LogP contribution in [0.25, 0.3) is 5.69 Å². The highest BCUT2D eigenvalue weighted by Crippen LogP contribution is 2.29. The van der Waals surface area contributed by atoms with E-state index in [1.165, 1.54) is 5.56 Å². The number of hydrogen-bond donors (Lipinski definition) is 1. The van der Waals surface area contributed by atoms with Crippen molar-refractivity contribution in [2.75, 3.05) is 13.1 Å². The fourth-order valence-corrected chi connectivity index (χ4v) is 2.63. The monoisotopic (exact) mass is 271 g/mol. The molecule has 1 N–H and O–H groups in total. The van der Waals surface area contributed by atoms with Gasteiger partial charge in [0.1, 0.15) is 0 Å². The van der Waals surface area contributed by atoms with Crippen LogP contribution in [-0.4, -0.2) is 38.5 Å². The number of nitrogens with zero attached hydrogens (tertiary/aromatic N) is 3. The molecule has 0 unspecified atom stereocenters. The Hall–Kier alpha value is -1.65. The molecule has 2 heterocycles. The van der Waals surface area contributed by atoms with E-state index in [-0.39, 0.29) is 0 Å². The van der Waals surface area contributed by atoms with Crippen LogP contribution in [0.5, 0.6) is 0 Å². The summed E-state index contributed by atoms with van der Waals surface area (Å²) in [6.07, 6.45) is 3.96. The van der Waals surface area contributed by atoms with Gasteiger partial charge in [0.15, 0.2) is 0 Å². The fourth-order valence-electron chi connectivity index (χ4n) is 2.63. The van der Waals surface area contributed by atoms with Crippen LogP contribution in [0.15, 0.2) is 42.7 Å². The predicted molar refractivity (Wildman–Crippen MR) is 78.6 cm³/mol. The second-order valence-corrected chi connectivity index (χ2v) is 6.03. The van der Waals surface area contributed by atoms with Gasteiger partial charge in [0.25, 0.3) is 0 Å². The Morgan fingerprint density at radius 2 is 1.95 bits per heavy atom. The lowest BCUT2D eigenvalue weighted by molar-refractivity contribution is -0.130. The van der Waals surface area contributed by atoms with Crippen LogP contribution < -0.4 is 0 Å². The number of β-amino-alcohol motifs (C(OH)–C–C–N with tert-alkyl or cyclic N) is 1. The lowest BCUT2D eigenvalue weighted by atomic mass is 9.83. The van der Waals surface area contributed by atoms with Gasteiger partial charge in [0.05, 0.1) is 17.5 Å². The summed E-state index contributed by atoms with van der Waals surface area (Å²) in [6, 6.07) is 10.1. The third-order valence-corrected chi connectivity index (χ3v) is 4.13. The van der Waals surface area contributed by atoms with Gasteiger partial charge >= 0.3 is 0 Å². The molecule has 2 aromatic rings. The minimum atomic E-state index is -0.505. The maximum atomic E-state index is 10.3. The first-order valence-electron chi connectivity index (χ1n) is 7.10. The Bertz CT molecular complexity index is 570. The Morgan fingerprint density at radius 1 is 1.25 bits per heavy atom. The first-order valence-corrected chi connectivity index (χ1v) is 7.10. The summed E-state index contributed by atoms with van der Waals surface area (Å²) in [5.74, 6) is 0.311. The second-order valence-electron chi connectivity index (χ2n) is 6.03. The zero-order chi connectivity index (χ0) is 14.2. The van der Waals surface area contributed by atoms with Gasteiger partial charge in [-0.2, -0.15) is 5.10 Å². The summed E-state index contributed by atoms with van der Waals surface area (Å²) in [5.41, 5.74) is 1.75. The molecule has 0 atom stereocenters. The molecule has 1 aliphatic rings. The highest BCUT2D eigenvalue weighted by molar-refractivity contribution is 5.30. The van der Waals surface area contributed by atoms with Crippen LogP contribution >= 0.6 is 0 Å². The summed E-state index contributed by atoms with van der Waals surface area (Å²) in [4.78, 5) is 2.26. The smallest absolute Gasteiger partial charge is 0.0923 e. The van der Waals surface area contributed by atoms with Gasteiger partial charge in [-0.1, -0.05) is 32.0 Å². The number of aliphatic hydroxyl groups is 1. The molecule has 0 spiro atoms. The van der Waals surface area contributed by atoms with Crippen LogP contribution in [0.3, 0.4) is 0 Å². The standard InChI is InChI=1S/C16H21N3O/c1-13(2)16(20)11-18(12-16)9-14-8-17-19(10-14)15-6-4-3-5-7-15/h3-8,10,13,20H,9,11-12H2,1-2H3. The van der Waals surface area contributed by atoms with Crippen LogP contribution in [-0.2, 0) is 6.54 Å². The molecule has 1 saturated heterocycles. The van der Waals surface area contributed by atoms with Crippen LogP contribution in [0, 0.1) is 5.92 Å². The summed E-state index contributed by atoms with van der Waals surface area (Å²) in [7, 11) is 0. The van der Waals surface area contributed by atoms with E-state index >= 15 is 0 Å². The highest BCUT2D eigenvalue weighted by atomic mass is 16.3. The topological polar surface area (TPSA) is 41.3 Å². The maximum Gasteiger partial charge on any atom is 0.0923 e. The fraction of sp³-hybridized carbons (Fsp3) is 0.438. The molecule has 4 heteroatoms. The van der Waals surface area contributed by atoms with Crippen molar-refractivity contribution in [2.45, 2.75) is 26.0 Å². The number of rotatable bonds is 4. The minimum absolute atomic E-state index is 0.311. The quantitative estimate of drug-likeness (QED) is 0.925. The van der Waals surface area contributed by atoms with Crippen LogP contribution in [0.2, 0.25) is 0 Å². The molecule has 4 nitrogen and oxygen atoms in total. The maximum absolute atomic E-state index is 10.3. The number of para-hydroxylation sites is 1. The molecule has 0 radical (unpaired) electrons. The number of aromatic nitrogens is 2. The van der Waals surface area contributed by atoms with Crippen molar-refractivity contribution in [1.29, 1.82) is 0 Å². The summed E-state index contributed by atoms with van der Waals surface area (Å²) in [6.45, 7) is 6.50. The van der Waals surface area contributed by atoms with Gasteiger partial charge in [-0.05, 0) is 18.1 Å². The zero-order valence-corrected chi connectivity index (χ0v) is 12.0. The van der Waals surface area contributed by atoms with E-state index in [0.717, 1.165) is 25.3 Å². The molecule has 3 rings (SSSR count). The Labute approximate surface area is 119 Å². The largest absolute Gasteiger partial charge is 0.387 e. The molecule has 1 aliphatic heterocycles. The molecule has 20 heavy (non-hydrogen) atoms. The van der Waals surface area contributed by atoms with Crippen molar-refractivity contribution < 1.29 is 5.11 Å². The minimum Gasteiger partial charge on any atom is -0.387 e. The van der Waals surface area contributed by atoms with E-state index in [1.807, 2.05) is 41.2 Å². The van der Waals surface area contributed by atoms with E-state index in [9.17, 15) is 5.11 Å². The molecule has 106 valence electrons. The first kappa shape index (κ1) is 13.3. The number of hydrogen-bond acceptors (Lipinski definition) is 3. The van der Waals surface area contributed by atoms with E-state index in [0.29, 0.717) is 5.92 Å². The first-order chi connectivity index (χ1) is 9.57. The van der Waals surface area contributed by atoms with Crippen molar-refractivity contribution in [3.05, 3.63) is 48.3 Å². The van der Waals surface area contributed by atoms with Crippen molar-refractivity contribution in [3.8, 4) is 5.69 Å². The molecule has 0 bridgehead atoms. The molecule has 0 amide bonds. The van der Waals surface area contributed by atoms with Crippen molar-refractivity contribution >= 4 is 0 Å². The van der Waals surface area contributed by atoms with Crippen LogP contribution in [0.4, 0.5) is 0 Å². The Morgan fingerprint density at radius 3 is 2.60 bits per heavy atom. The van der Waals surface area contributed by atoms with E-state index in [4.69, 9.17) is 0 Å². The van der Waals surface area contributed by atoms with Crippen molar-refractivity contribution in [3.63, 3.8) is 0 Å². The molecule has 0 aliphatic carbocycles. The van der Waals surface area contributed by atoms with E-state index in [1.54, 1.807) is 0 Å². The molecule has 1 aromatic carbocycles. The predicted octanol–water partition coefficient (Wildman–Crippen LogP) is 2.08. The lowest BCUT2D eigenvalue weighted by Crippen LogP contribution is -2.63. The van der Waals surface area contributed by atoms with Gasteiger partial charge in [-0.15, -0.1) is 0 Å². The molecule has 1 aromatic heterocycles. The zero-order valence-electron chi connectivity index (χ0n) is 12.0. The number of likely N-dealkylation sites (tertiary alicyclic amines) is 1. The highest BCUT2D eigenvalue weighted by Gasteiger charge is 2.43. The molecule has 0 saturated carbocycles. The average molecular weight is 271 g/mol. The lowest BCUT2D eigenvalue weighted by Gasteiger charge is -2.49. The average Bonchev–Trinajstić information content (AvgIpc) is 2.86. The molecule has 1 fully saturated rings. The second kappa shape index (κ2) is 5.04. The summed E-state index contributed by atoms with van der Waals surface area (Å²) >= 11 is 0. The van der Waals surface area contributed by atoms with E-state index in [2.05, 4.69) is 30.0 Å². The van der Waals surface area contributed by atoms with Crippen LogP contribution in [0.1, 0.15) is 19.4 Å². The van der Waals surface area contributed by atoms with Gasteiger partial charge in [-0.25, -0.2) is 4.68 Å². The summed E-state index contributed by atoms with van der Waals surface area (Å²) in [5, 5.41) is 14.7. The Balaban J connectivity index is 1.62.